The summed E-state index contributed by atoms with van der Waals surface area (Å²) in [6, 6.07) is 13.9. The maximum Gasteiger partial charge on any atom is 0.304 e. The highest BCUT2D eigenvalue weighted by Gasteiger charge is 2.16. The molecule has 2 aromatic carbocycles. The number of thioether (sulfide) groups is 1. The van der Waals surface area contributed by atoms with Gasteiger partial charge in [-0.2, -0.15) is 0 Å². The van der Waals surface area contributed by atoms with E-state index in [0.29, 0.717) is 21.8 Å². The first kappa shape index (κ1) is 17.3. The van der Waals surface area contributed by atoms with E-state index in [1.54, 1.807) is 36.4 Å². The summed E-state index contributed by atoms with van der Waals surface area (Å²) in [5.41, 5.74) is 1.55. The number of rotatable bonds is 6. The van der Waals surface area contributed by atoms with Crippen LogP contribution in [0.5, 0.6) is 5.75 Å². The van der Waals surface area contributed by atoms with Crippen LogP contribution in [0.25, 0.3) is 17.1 Å². The Labute approximate surface area is 153 Å². The van der Waals surface area contributed by atoms with Crippen LogP contribution in [0, 0.1) is 0 Å². The molecule has 0 aliphatic rings. The van der Waals surface area contributed by atoms with Crippen LogP contribution < -0.4 is 0 Å². The minimum Gasteiger partial charge on any atom is -0.508 e. The number of nitrogens with zero attached hydrogens (tertiary/aromatic N) is 3. The first-order valence-electron chi connectivity index (χ1n) is 7.40. The monoisotopic (exact) mass is 375 g/mol. The van der Waals surface area contributed by atoms with Gasteiger partial charge in [-0.25, -0.2) is 0 Å². The molecule has 6 nitrogen and oxygen atoms in total. The van der Waals surface area contributed by atoms with Crippen LogP contribution in [-0.2, 0) is 4.79 Å². The van der Waals surface area contributed by atoms with Crippen molar-refractivity contribution in [1.82, 2.24) is 14.8 Å². The number of hydrogen-bond donors (Lipinski definition) is 2. The molecule has 128 valence electrons. The van der Waals surface area contributed by atoms with Crippen molar-refractivity contribution in [2.45, 2.75) is 11.6 Å². The number of carboxylic acids is 1. The first-order valence-corrected chi connectivity index (χ1v) is 8.76. The second kappa shape index (κ2) is 7.58. The largest absolute Gasteiger partial charge is 0.508 e. The molecule has 0 spiro atoms. The van der Waals surface area contributed by atoms with Crippen molar-refractivity contribution in [1.29, 1.82) is 0 Å². The lowest BCUT2D eigenvalue weighted by atomic mass is 10.2. The number of phenolic OH excluding ortho intramolecular Hbond substituents is 1. The summed E-state index contributed by atoms with van der Waals surface area (Å²) in [5.74, 6) is 0.262. The van der Waals surface area contributed by atoms with Gasteiger partial charge in [0.25, 0.3) is 0 Å². The van der Waals surface area contributed by atoms with Gasteiger partial charge in [0, 0.05) is 16.3 Å². The van der Waals surface area contributed by atoms with Gasteiger partial charge in [-0.3, -0.25) is 9.36 Å². The Balaban J connectivity index is 2.04. The summed E-state index contributed by atoms with van der Waals surface area (Å²) in [6.45, 7) is 0. The highest BCUT2D eigenvalue weighted by Crippen LogP contribution is 2.30. The Morgan fingerprint density at radius 2 is 1.92 bits per heavy atom. The lowest BCUT2D eigenvalue weighted by Crippen LogP contribution is -2.01. The zero-order chi connectivity index (χ0) is 17.8. The molecular weight excluding hydrogens is 362 g/mol. The molecule has 0 unspecified atom stereocenters. The molecule has 0 radical (unpaired) electrons. The number of carbonyl (C=O) groups is 1. The zero-order valence-corrected chi connectivity index (χ0v) is 14.5. The predicted octanol–water partition coefficient (Wildman–Crippen LogP) is 3.86. The van der Waals surface area contributed by atoms with Gasteiger partial charge in [0.2, 0.25) is 0 Å². The second-order valence-corrected chi connectivity index (χ2v) is 6.66. The van der Waals surface area contributed by atoms with E-state index < -0.39 is 5.97 Å². The van der Waals surface area contributed by atoms with Crippen LogP contribution in [-0.4, -0.2) is 36.7 Å². The molecule has 0 aliphatic carbocycles. The smallest absolute Gasteiger partial charge is 0.304 e. The van der Waals surface area contributed by atoms with Crippen molar-refractivity contribution in [2.75, 3.05) is 5.75 Å². The molecule has 8 heteroatoms. The predicted molar refractivity (Wildman–Crippen MR) is 96.4 cm³/mol. The Hall–Kier alpha value is -2.51. The second-order valence-electron chi connectivity index (χ2n) is 5.16. The molecule has 25 heavy (non-hydrogen) atoms. The molecular formula is C17H14ClN3O3S. The standard InChI is InChI=1S/C17H14ClN3O3S/c18-12-2-1-3-13(10-12)21-16(11-4-6-14(22)7-5-11)19-20-17(21)25-9-8-15(23)24/h1-7,10,22H,8-9H2,(H,23,24). The average molecular weight is 376 g/mol. The third-order valence-corrected chi connectivity index (χ3v) is 4.54. The van der Waals surface area contributed by atoms with Crippen LogP contribution in [0.1, 0.15) is 6.42 Å². The fourth-order valence-electron chi connectivity index (χ4n) is 2.24. The Bertz CT molecular complexity index is 896. The first-order chi connectivity index (χ1) is 12.0. The van der Waals surface area contributed by atoms with Crippen molar-refractivity contribution >= 4 is 29.3 Å². The van der Waals surface area contributed by atoms with Crippen LogP contribution in [0.4, 0.5) is 0 Å². The van der Waals surface area contributed by atoms with Gasteiger partial charge >= 0.3 is 5.97 Å². The van der Waals surface area contributed by atoms with Gasteiger partial charge in [0.15, 0.2) is 11.0 Å². The van der Waals surface area contributed by atoms with E-state index in [1.807, 2.05) is 16.7 Å². The van der Waals surface area contributed by atoms with Crippen LogP contribution in [0.2, 0.25) is 5.02 Å². The van der Waals surface area contributed by atoms with Gasteiger partial charge < -0.3 is 10.2 Å². The van der Waals surface area contributed by atoms with E-state index in [2.05, 4.69) is 10.2 Å². The molecule has 1 heterocycles. The van der Waals surface area contributed by atoms with Crippen LogP contribution in [0.15, 0.2) is 53.7 Å². The summed E-state index contributed by atoms with van der Waals surface area (Å²) in [4.78, 5) is 10.8. The fourth-order valence-corrected chi connectivity index (χ4v) is 3.30. The third kappa shape index (κ3) is 4.12. The topological polar surface area (TPSA) is 88.2 Å². The zero-order valence-electron chi connectivity index (χ0n) is 13.0. The van der Waals surface area contributed by atoms with Gasteiger partial charge in [0.05, 0.1) is 12.1 Å². The molecule has 0 aliphatic heterocycles. The quantitative estimate of drug-likeness (QED) is 0.636. The summed E-state index contributed by atoms with van der Waals surface area (Å²) in [5, 5.41) is 27.9. The lowest BCUT2D eigenvalue weighted by molar-refractivity contribution is -0.136. The molecule has 0 atom stereocenters. The minimum atomic E-state index is -0.861. The highest BCUT2D eigenvalue weighted by atomic mass is 35.5. The average Bonchev–Trinajstić information content (AvgIpc) is 2.99. The van der Waals surface area contributed by atoms with E-state index in [1.165, 1.54) is 11.8 Å². The Kier molecular flexibility index (Phi) is 5.25. The minimum absolute atomic E-state index is 0.0294. The van der Waals surface area contributed by atoms with Crippen LogP contribution in [0.3, 0.4) is 0 Å². The summed E-state index contributed by atoms with van der Waals surface area (Å²) in [6.07, 6.45) is 0.0294. The number of aromatic hydroxyl groups is 1. The van der Waals surface area contributed by atoms with Crippen molar-refractivity contribution in [2.24, 2.45) is 0 Å². The van der Waals surface area contributed by atoms with Gasteiger partial charge in [-0.1, -0.05) is 29.4 Å². The third-order valence-electron chi connectivity index (χ3n) is 3.37. The SMILES string of the molecule is O=C(O)CCSc1nnc(-c2ccc(O)cc2)n1-c1cccc(Cl)c1. The maximum atomic E-state index is 10.8. The molecule has 3 aromatic rings. The van der Waals surface area contributed by atoms with Crippen molar-refractivity contribution in [3.8, 4) is 22.8 Å². The van der Waals surface area contributed by atoms with E-state index in [9.17, 15) is 9.90 Å². The molecule has 0 amide bonds. The number of hydrogen-bond acceptors (Lipinski definition) is 5. The maximum absolute atomic E-state index is 10.8. The van der Waals surface area contributed by atoms with Gasteiger partial charge in [-0.05, 0) is 42.5 Å². The number of aliphatic carboxylic acids is 1. The number of phenols is 1. The molecule has 2 N–H and O–H groups in total. The fraction of sp³-hybridized carbons (Fsp3) is 0.118. The molecule has 0 saturated heterocycles. The molecule has 0 fully saturated rings. The number of benzene rings is 2. The van der Waals surface area contributed by atoms with Crippen molar-refractivity contribution < 1.29 is 15.0 Å². The Morgan fingerprint density at radius 3 is 2.60 bits per heavy atom. The van der Waals surface area contributed by atoms with Crippen LogP contribution >= 0.6 is 23.4 Å². The molecule has 1 aromatic heterocycles. The van der Waals surface area contributed by atoms with Crippen molar-refractivity contribution in [3.05, 3.63) is 53.6 Å². The summed E-state index contributed by atoms with van der Waals surface area (Å²) in [7, 11) is 0. The number of halogens is 1. The number of aromatic nitrogens is 3. The number of carboxylic acid groups (broad SMARTS) is 1. The van der Waals surface area contributed by atoms with E-state index in [0.717, 1.165) is 11.3 Å². The van der Waals surface area contributed by atoms with E-state index >= 15 is 0 Å². The summed E-state index contributed by atoms with van der Waals surface area (Å²) >= 11 is 7.42. The Morgan fingerprint density at radius 1 is 1.16 bits per heavy atom. The van der Waals surface area contributed by atoms with Gasteiger partial charge in [-0.15, -0.1) is 10.2 Å². The molecule has 3 rings (SSSR count). The van der Waals surface area contributed by atoms with Gasteiger partial charge in [0.1, 0.15) is 5.75 Å². The summed E-state index contributed by atoms with van der Waals surface area (Å²) < 4.78 is 1.82. The lowest BCUT2D eigenvalue weighted by Gasteiger charge is -2.10. The highest BCUT2D eigenvalue weighted by molar-refractivity contribution is 7.99. The van der Waals surface area contributed by atoms with E-state index in [-0.39, 0.29) is 12.2 Å². The molecule has 0 saturated carbocycles. The normalized spacial score (nSPS) is 10.8. The molecule has 0 bridgehead atoms. The van der Waals surface area contributed by atoms with E-state index in [4.69, 9.17) is 16.7 Å². The van der Waals surface area contributed by atoms with Crippen molar-refractivity contribution in [3.63, 3.8) is 0 Å².